The van der Waals surface area contributed by atoms with Crippen LogP contribution in [-0.2, 0) is 15.1 Å². The first kappa shape index (κ1) is 17.7. The van der Waals surface area contributed by atoms with Gasteiger partial charge in [-0.25, -0.2) is 0 Å². The quantitative estimate of drug-likeness (QED) is 0.862. The standard InChI is InChI=1S/C18H28O3/c1-11-9-12(2)15(13(3)10-11)18(8,20)14(4)16(19)21-17(5,6)7/h9-10,14,20H,1-8H3. The molecule has 1 aromatic carbocycles. The molecule has 0 radical (unpaired) electrons. The normalized spacial score (nSPS) is 16.2. The van der Waals surface area contributed by atoms with E-state index in [0.29, 0.717) is 0 Å². The first-order chi connectivity index (χ1) is 9.36. The summed E-state index contributed by atoms with van der Waals surface area (Å²) in [4.78, 5) is 12.3. The Balaban J connectivity index is 3.19. The number of carbonyl (C=O) groups is 1. The largest absolute Gasteiger partial charge is 0.460 e. The van der Waals surface area contributed by atoms with Gasteiger partial charge in [-0.15, -0.1) is 0 Å². The minimum Gasteiger partial charge on any atom is -0.460 e. The van der Waals surface area contributed by atoms with Crippen molar-refractivity contribution in [2.24, 2.45) is 5.92 Å². The van der Waals surface area contributed by atoms with Crippen molar-refractivity contribution in [3.05, 3.63) is 34.4 Å². The molecule has 3 nitrogen and oxygen atoms in total. The highest BCUT2D eigenvalue weighted by Crippen LogP contribution is 2.35. The number of hydrogen-bond donors (Lipinski definition) is 1. The number of esters is 1. The second-order valence-electron chi connectivity index (χ2n) is 7.18. The molecule has 21 heavy (non-hydrogen) atoms. The fraction of sp³-hybridized carbons (Fsp3) is 0.611. The van der Waals surface area contributed by atoms with Crippen LogP contribution in [0.1, 0.15) is 56.9 Å². The average Bonchev–Trinajstić information content (AvgIpc) is 2.23. The minimum absolute atomic E-state index is 0.383. The molecule has 1 N–H and O–H groups in total. The van der Waals surface area contributed by atoms with Crippen molar-refractivity contribution < 1.29 is 14.6 Å². The lowest BCUT2D eigenvalue weighted by atomic mass is 9.79. The monoisotopic (exact) mass is 292 g/mol. The van der Waals surface area contributed by atoms with E-state index in [4.69, 9.17) is 4.74 Å². The Morgan fingerprint density at radius 2 is 1.52 bits per heavy atom. The van der Waals surface area contributed by atoms with E-state index >= 15 is 0 Å². The zero-order valence-electron chi connectivity index (χ0n) is 14.5. The Bertz CT molecular complexity index is 513. The molecule has 1 aromatic rings. The SMILES string of the molecule is Cc1cc(C)c(C(C)(O)C(C)C(=O)OC(C)(C)C)c(C)c1. The fourth-order valence-electron chi connectivity index (χ4n) is 2.81. The molecule has 0 bridgehead atoms. The molecule has 0 aromatic heterocycles. The van der Waals surface area contributed by atoms with Crippen LogP contribution in [0.4, 0.5) is 0 Å². The molecule has 0 aliphatic rings. The van der Waals surface area contributed by atoms with Crippen LogP contribution in [0.3, 0.4) is 0 Å². The smallest absolute Gasteiger partial charge is 0.312 e. The van der Waals surface area contributed by atoms with Crippen molar-refractivity contribution in [3.8, 4) is 0 Å². The van der Waals surface area contributed by atoms with Gasteiger partial charge in [0.05, 0.1) is 5.92 Å². The Hall–Kier alpha value is -1.35. The van der Waals surface area contributed by atoms with Gasteiger partial charge in [0.1, 0.15) is 11.2 Å². The van der Waals surface area contributed by atoms with Crippen LogP contribution >= 0.6 is 0 Å². The van der Waals surface area contributed by atoms with Crippen molar-refractivity contribution in [3.63, 3.8) is 0 Å². The second-order valence-corrected chi connectivity index (χ2v) is 7.18. The molecular formula is C18H28O3. The zero-order valence-corrected chi connectivity index (χ0v) is 14.5. The van der Waals surface area contributed by atoms with Crippen LogP contribution in [0.25, 0.3) is 0 Å². The summed E-state index contributed by atoms with van der Waals surface area (Å²) in [7, 11) is 0. The summed E-state index contributed by atoms with van der Waals surface area (Å²) in [5, 5.41) is 11.0. The number of rotatable bonds is 3. The van der Waals surface area contributed by atoms with Crippen LogP contribution in [-0.4, -0.2) is 16.7 Å². The van der Waals surface area contributed by atoms with Crippen molar-refractivity contribution in [2.75, 3.05) is 0 Å². The van der Waals surface area contributed by atoms with Crippen LogP contribution in [0.2, 0.25) is 0 Å². The molecule has 0 heterocycles. The molecule has 1 rings (SSSR count). The molecule has 2 unspecified atom stereocenters. The molecule has 0 fully saturated rings. The molecular weight excluding hydrogens is 264 g/mol. The number of benzene rings is 1. The van der Waals surface area contributed by atoms with Gasteiger partial charge in [-0.05, 0) is 72.1 Å². The van der Waals surface area contributed by atoms with Crippen molar-refractivity contribution in [1.29, 1.82) is 0 Å². The average molecular weight is 292 g/mol. The molecule has 118 valence electrons. The predicted octanol–water partition coefficient (Wildman–Crippen LogP) is 3.80. The number of ether oxygens (including phenoxy) is 1. The molecule has 3 heteroatoms. The lowest BCUT2D eigenvalue weighted by Crippen LogP contribution is -2.40. The van der Waals surface area contributed by atoms with Crippen LogP contribution in [0, 0.1) is 26.7 Å². The first-order valence-electron chi connectivity index (χ1n) is 7.40. The molecule has 0 aliphatic carbocycles. The van der Waals surface area contributed by atoms with Gasteiger partial charge in [-0.3, -0.25) is 4.79 Å². The van der Waals surface area contributed by atoms with E-state index in [-0.39, 0.29) is 5.97 Å². The maximum absolute atomic E-state index is 12.3. The van der Waals surface area contributed by atoms with Crippen LogP contribution in [0.15, 0.2) is 12.1 Å². The third kappa shape index (κ3) is 4.07. The highest BCUT2D eigenvalue weighted by molar-refractivity contribution is 5.74. The van der Waals surface area contributed by atoms with Gasteiger partial charge in [0.25, 0.3) is 0 Å². The van der Waals surface area contributed by atoms with E-state index in [1.807, 2.05) is 53.7 Å². The zero-order chi connectivity index (χ0) is 16.6. The molecule has 2 atom stereocenters. The molecule has 0 saturated heterocycles. The fourth-order valence-corrected chi connectivity index (χ4v) is 2.81. The first-order valence-corrected chi connectivity index (χ1v) is 7.40. The minimum atomic E-state index is -1.26. The summed E-state index contributed by atoms with van der Waals surface area (Å²) in [6.07, 6.45) is 0. The van der Waals surface area contributed by atoms with Gasteiger partial charge in [-0.1, -0.05) is 17.7 Å². The van der Waals surface area contributed by atoms with Gasteiger partial charge in [-0.2, -0.15) is 0 Å². The lowest BCUT2D eigenvalue weighted by molar-refractivity contribution is -0.168. The third-order valence-corrected chi connectivity index (χ3v) is 3.79. The van der Waals surface area contributed by atoms with Crippen molar-refractivity contribution in [1.82, 2.24) is 0 Å². The molecule has 0 spiro atoms. The van der Waals surface area contributed by atoms with Gasteiger partial charge >= 0.3 is 5.97 Å². The molecule has 0 aliphatic heterocycles. The Labute approximate surface area is 128 Å². The summed E-state index contributed by atoms with van der Waals surface area (Å²) in [5.74, 6) is -1.02. The number of aryl methyl sites for hydroxylation is 3. The highest BCUT2D eigenvalue weighted by atomic mass is 16.6. The van der Waals surface area contributed by atoms with Crippen molar-refractivity contribution in [2.45, 2.75) is 66.6 Å². The van der Waals surface area contributed by atoms with Crippen LogP contribution in [0.5, 0.6) is 0 Å². The molecule has 0 amide bonds. The van der Waals surface area contributed by atoms with E-state index in [0.717, 1.165) is 22.3 Å². The number of aliphatic hydroxyl groups is 1. The van der Waals surface area contributed by atoms with E-state index < -0.39 is 17.1 Å². The van der Waals surface area contributed by atoms with Gasteiger partial charge < -0.3 is 9.84 Å². The maximum Gasteiger partial charge on any atom is 0.312 e. The summed E-state index contributed by atoms with van der Waals surface area (Å²) in [6.45, 7) is 14.8. The van der Waals surface area contributed by atoms with Gasteiger partial charge in [0.15, 0.2) is 0 Å². The Kier molecular flexibility index (Phi) is 4.89. The number of carbonyl (C=O) groups excluding carboxylic acids is 1. The summed E-state index contributed by atoms with van der Waals surface area (Å²) in [6, 6.07) is 4.05. The predicted molar refractivity (Wildman–Crippen MR) is 85.2 cm³/mol. The van der Waals surface area contributed by atoms with Gasteiger partial charge in [0.2, 0.25) is 0 Å². The lowest BCUT2D eigenvalue weighted by Gasteiger charge is -2.34. The van der Waals surface area contributed by atoms with E-state index in [9.17, 15) is 9.90 Å². The van der Waals surface area contributed by atoms with E-state index in [1.54, 1.807) is 13.8 Å². The summed E-state index contributed by atoms with van der Waals surface area (Å²) < 4.78 is 5.41. The maximum atomic E-state index is 12.3. The molecule has 0 saturated carbocycles. The summed E-state index contributed by atoms with van der Waals surface area (Å²) >= 11 is 0. The highest BCUT2D eigenvalue weighted by Gasteiger charge is 2.39. The summed E-state index contributed by atoms with van der Waals surface area (Å²) in [5.41, 5.74) is 2.13. The van der Waals surface area contributed by atoms with Crippen LogP contribution < -0.4 is 0 Å². The van der Waals surface area contributed by atoms with E-state index in [2.05, 4.69) is 0 Å². The number of hydrogen-bond acceptors (Lipinski definition) is 3. The van der Waals surface area contributed by atoms with Gasteiger partial charge in [0, 0.05) is 0 Å². The Morgan fingerprint density at radius 3 is 1.90 bits per heavy atom. The second kappa shape index (κ2) is 5.80. The van der Waals surface area contributed by atoms with E-state index in [1.165, 1.54) is 0 Å². The topological polar surface area (TPSA) is 46.5 Å². The third-order valence-electron chi connectivity index (χ3n) is 3.79. The Morgan fingerprint density at radius 1 is 1.10 bits per heavy atom. The van der Waals surface area contributed by atoms with Crippen molar-refractivity contribution >= 4 is 5.97 Å².